The number of piperidine rings is 1. The van der Waals surface area contributed by atoms with Crippen LogP contribution in [0, 0.1) is 11.8 Å². The maximum Gasteiger partial charge on any atom is 0.184 e. The van der Waals surface area contributed by atoms with Crippen LogP contribution in [0.1, 0.15) is 82.1 Å². The summed E-state index contributed by atoms with van der Waals surface area (Å²) in [5.74, 6) is 1.42. The number of carbonyl (C=O) groups excluding carboxylic acids is 1. The van der Waals surface area contributed by atoms with Crippen molar-refractivity contribution in [2.75, 3.05) is 0 Å². The SMILES string of the molecule is C[C@H]1C(=O)[C@]2(CCC3=C(O2)[C@H](C)C(C)(C)NC3(C)C)C(C)(C)NC1(C)C. The van der Waals surface area contributed by atoms with Crippen LogP contribution in [-0.4, -0.2) is 33.5 Å². The van der Waals surface area contributed by atoms with Crippen LogP contribution in [-0.2, 0) is 9.53 Å². The van der Waals surface area contributed by atoms with Crippen LogP contribution in [0.25, 0.3) is 0 Å². The first kappa shape index (κ1) is 19.9. The van der Waals surface area contributed by atoms with Crippen molar-refractivity contribution in [2.24, 2.45) is 11.8 Å². The number of hydrogen-bond acceptors (Lipinski definition) is 4. The van der Waals surface area contributed by atoms with Gasteiger partial charge in [-0.1, -0.05) is 13.8 Å². The van der Waals surface area contributed by atoms with Gasteiger partial charge in [-0.2, -0.15) is 0 Å². The summed E-state index contributed by atoms with van der Waals surface area (Å²) in [6.07, 6.45) is 1.64. The van der Waals surface area contributed by atoms with E-state index in [1.54, 1.807) is 0 Å². The molecule has 4 heteroatoms. The Kier molecular flexibility index (Phi) is 4.09. The van der Waals surface area contributed by atoms with Crippen LogP contribution < -0.4 is 10.6 Å². The van der Waals surface area contributed by atoms with Gasteiger partial charge < -0.3 is 15.4 Å². The summed E-state index contributed by atoms with van der Waals surface area (Å²) in [6.45, 7) is 21.7. The lowest BCUT2D eigenvalue weighted by Crippen LogP contribution is -2.77. The van der Waals surface area contributed by atoms with Crippen LogP contribution in [0.15, 0.2) is 11.3 Å². The lowest BCUT2D eigenvalue weighted by Gasteiger charge is -2.60. The quantitative estimate of drug-likeness (QED) is 0.685. The second-order valence-corrected chi connectivity index (χ2v) is 11.0. The zero-order valence-corrected chi connectivity index (χ0v) is 18.4. The lowest BCUT2D eigenvalue weighted by atomic mass is 9.61. The first-order chi connectivity index (χ1) is 11.6. The van der Waals surface area contributed by atoms with E-state index in [0.29, 0.717) is 0 Å². The fourth-order valence-corrected chi connectivity index (χ4v) is 5.63. The molecule has 0 aromatic heterocycles. The van der Waals surface area contributed by atoms with E-state index < -0.39 is 11.1 Å². The van der Waals surface area contributed by atoms with Gasteiger partial charge in [0.1, 0.15) is 5.76 Å². The molecule has 148 valence electrons. The summed E-state index contributed by atoms with van der Waals surface area (Å²) >= 11 is 0. The number of rotatable bonds is 0. The minimum atomic E-state index is -0.793. The molecule has 0 aromatic rings. The van der Waals surface area contributed by atoms with Crippen molar-refractivity contribution < 1.29 is 9.53 Å². The maximum absolute atomic E-state index is 13.6. The van der Waals surface area contributed by atoms with Crippen molar-refractivity contribution in [1.82, 2.24) is 10.6 Å². The molecule has 0 aliphatic carbocycles. The van der Waals surface area contributed by atoms with Gasteiger partial charge in [-0.05, 0) is 67.4 Å². The number of hydrogen-bond donors (Lipinski definition) is 2. The Bertz CT molecular complexity index is 672. The van der Waals surface area contributed by atoms with Crippen molar-refractivity contribution in [1.29, 1.82) is 0 Å². The molecule has 3 atom stereocenters. The normalized spacial score (nSPS) is 40.2. The predicted octanol–water partition coefficient (Wildman–Crippen LogP) is 3.95. The standard InChI is InChI=1S/C22H38N2O2/c1-13-16-15(20(7,8)23-18(13,3)4)11-12-22(26-16)17(25)14(2)19(5,6)24-21(22,9)10/h13-14,23-24H,11-12H2,1-10H3/t13-,14-,22+/m0/s1. The molecule has 3 aliphatic rings. The van der Waals surface area contributed by atoms with Gasteiger partial charge >= 0.3 is 0 Å². The molecular weight excluding hydrogens is 324 g/mol. The van der Waals surface area contributed by atoms with Gasteiger partial charge in [0.05, 0.1) is 5.54 Å². The zero-order valence-electron chi connectivity index (χ0n) is 18.4. The lowest BCUT2D eigenvalue weighted by molar-refractivity contribution is -0.175. The highest BCUT2D eigenvalue weighted by atomic mass is 16.5. The maximum atomic E-state index is 13.6. The van der Waals surface area contributed by atoms with Crippen LogP contribution in [0.5, 0.6) is 0 Å². The minimum absolute atomic E-state index is 0.0823. The molecule has 3 rings (SSSR count). The van der Waals surface area contributed by atoms with Gasteiger partial charge in [-0.15, -0.1) is 0 Å². The molecule has 4 nitrogen and oxygen atoms in total. The molecule has 1 fully saturated rings. The molecule has 0 bridgehead atoms. The predicted molar refractivity (Wildman–Crippen MR) is 106 cm³/mol. The smallest absolute Gasteiger partial charge is 0.184 e. The van der Waals surface area contributed by atoms with Gasteiger partial charge in [0.2, 0.25) is 0 Å². The van der Waals surface area contributed by atoms with Crippen LogP contribution in [0.2, 0.25) is 0 Å². The third-order valence-corrected chi connectivity index (χ3v) is 7.69. The summed E-state index contributed by atoms with van der Waals surface area (Å²) < 4.78 is 6.82. The Balaban J connectivity index is 2.11. The monoisotopic (exact) mass is 362 g/mol. The molecule has 3 heterocycles. The van der Waals surface area contributed by atoms with Gasteiger partial charge in [0, 0.05) is 34.9 Å². The number of ether oxygens (including phenoxy) is 1. The van der Waals surface area contributed by atoms with E-state index in [2.05, 4.69) is 72.9 Å². The van der Waals surface area contributed by atoms with Crippen molar-refractivity contribution in [3.05, 3.63) is 11.3 Å². The zero-order chi connectivity index (χ0) is 19.9. The molecule has 2 N–H and O–H groups in total. The first-order valence-corrected chi connectivity index (χ1v) is 10.1. The van der Waals surface area contributed by atoms with Crippen molar-refractivity contribution in [2.45, 2.75) is 110 Å². The third-order valence-electron chi connectivity index (χ3n) is 7.69. The highest BCUT2D eigenvalue weighted by Crippen LogP contribution is 2.52. The second kappa shape index (κ2) is 5.35. The average Bonchev–Trinajstić information content (AvgIpc) is 2.47. The molecule has 3 aliphatic heterocycles. The van der Waals surface area contributed by atoms with E-state index >= 15 is 0 Å². The van der Waals surface area contributed by atoms with Crippen molar-refractivity contribution >= 4 is 5.78 Å². The number of nitrogens with one attached hydrogen (secondary N) is 2. The van der Waals surface area contributed by atoms with Gasteiger partial charge in [0.25, 0.3) is 0 Å². The molecule has 0 amide bonds. The molecular formula is C22H38N2O2. The van der Waals surface area contributed by atoms with E-state index in [1.165, 1.54) is 5.57 Å². The molecule has 0 radical (unpaired) electrons. The van der Waals surface area contributed by atoms with E-state index in [4.69, 9.17) is 4.74 Å². The molecule has 0 unspecified atom stereocenters. The molecule has 26 heavy (non-hydrogen) atoms. The minimum Gasteiger partial charge on any atom is -0.482 e. The number of ketones is 1. The molecule has 1 spiro atoms. The van der Waals surface area contributed by atoms with Gasteiger partial charge in [0.15, 0.2) is 11.4 Å². The van der Waals surface area contributed by atoms with E-state index in [0.717, 1.165) is 18.6 Å². The first-order valence-electron chi connectivity index (χ1n) is 10.1. The third kappa shape index (κ3) is 2.51. The fraction of sp³-hybridized carbons (Fsp3) is 0.864. The summed E-state index contributed by atoms with van der Waals surface area (Å²) in [6, 6.07) is 0. The summed E-state index contributed by atoms with van der Waals surface area (Å²) in [4.78, 5) is 13.6. The van der Waals surface area contributed by atoms with E-state index in [9.17, 15) is 4.79 Å². The topological polar surface area (TPSA) is 50.4 Å². The van der Waals surface area contributed by atoms with E-state index in [1.807, 2.05) is 6.92 Å². The van der Waals surface area contributed by atoms with Crippen LogP contribution >= 0.6 is 0 Å². The second-order valence-electron chi connectivity index (χ2n) is 11.0. The number of Topliss-reactive ketones (excluding diaryl/α,β-unsaturated/α-hetero) is 1. The fourth-order valence-electron chi connectivity index (χ4n) is 5.63. The van der Waals surface area contributed by atoms with Gasteiger partial charge in [-0.25, -0.2) is 0 Å². The average molecular weight is 363 g/mol. The Labute approximate surface area is 159 Å². The molecule has 1 saturated heterocycles. The van der Waals surface area contributed by atoms with Crippen molar-refractivity contribution in [3.8, 4) is 0 Å². The summed E-state index contributed by atoms with van der Waals surface area (Å²) in [5.41, 5.74) is -0.317. The largest absolute Gasteiger partial charge is 0.482 e. The Morgan fingerprint density at radius 1 is 0.885 bits per heavy atom. The highest BCUT2D eigenvalue weighted by molar-refractivity contribution is 5.93. The van der Waals surface area contributed by atoms with Gasteiger partial charge in [-0.3, -0.25) is 4.79 Å². The Morgan fingerprint density at radius 2 is 1.42 bits per heavy atom. The number of carbonyl (C=O) groups is 1. The molecule has 0 aromatic carbocycles. The highest BCUT2D eigenvalue weighted by Gasteiger charge is 2.64. The van der Waals surface area contributed by atoms with Crippen LogP contribution in [0.4, 0.5) is 0 Å². The van der Waals surface area contributed by atoms with Crippen LogP contribution in [0.3, 0.4) is 0 Å². The Morgan fingerprint density at radius 3 is 2.00 bits per heavy atom. The summed E-state index contributed by atoms with van der Waals surface area (Å²) in [7, 11) is 0. The molecule has 0 saturated carbocycles. The Hall–Kier alpha value is -0.870. The van der Waals surface area contributed by atoms with Crippen molar-refractivity contribution in [3.63, 3.8) is 0 Å². The summed E-state index contributed by atoms with van der Waals surface area (Å²) in [5, 5.41) is 7.53. The van der Waals surface area contributed by atoms with E-state index in [-0.39, 0.29) is 34.2 Å².